The zero-order chi connectivity index (χ0) is 21.0. The Morgan fingerprint density at radius 2 is 1.93 bits per heavy atom. The lowest BCUT2D eigenvalue weighted by molar-refractivity contribution is 0.0947. The number of sulfone groups is 1. The van der Waals surface area contributed by atoms with E-state index >= 15 is 0 Å². The highest BCUT2D eigenvalue weighted by Crippen LogP contribution is 2.22. The van der Waals surface area contributed by atoms with Crippen LogP contribution in [0.1, 0.15) is 21.7 Å². The summed E-state index contributed by atoms with van der Waals surface area (Å²) in [4.78, 5) is 22.6. The smallest absolute Gasteiger partial charge is 0.341 e. The largest absolute Gasteiger partial charge is 0.378 e. The molecule has 0 aliphatic carbocycles. The Hall–Kier alpha value is -2.66. The number of nitrogens with one attached hydrogen (secondary N) is 1. The van der Waals surface area contributed by atoms with Gasteiger partial charge in [0.2, 0.25) is 15.8 Å². The first-order valence-electron chi connectivity index (χ1n) is 8.85. The van der Waals surface area contributed by atoms with E-state index in [-0.39, 0.29) is 12.1 Å². The van der Waals surface area contributed by atoms with Gasteiger partial charge in [-0.1, -0.05) is 12.1 Å². The number of benzene rings is 1. The normalized spacial score (nSPS) is 14.8. The van der Waals surface area contributed by atoms with Crippen molar-refractivity contribution in [2.45, 2.75) is 24.1 Å². The van der Waals surface area contributed by atoms with Gasteiger partial charge in [0.25, 0.3) is 5.91 Å². The topological polar surface area (TPSA) is 101 Å². The number of carbonyl (C=O) groups excluding carboxylic acids is 1. The van der Waals surface area contributed by atoms with Gasteiger partial charge in [0.1, 0.15) is 0 Å². The van der Waals surface area contributed by atoms with Crippen molar-refractivity contribution in [3.63, 3.8) is 0 Å². The third-order valence-electron chi connectivity index (χ3n) is 4.29. The van der Waals surface area contributed by atoms with Gasteiger partial charge < -0.3 is 15.0 Å². The number of anilines is 1. The molecule has 1 aliphatic rings. The standard InChI is InChI=1S/C18H20F2N4O4S/c1-12-10-13(23-18(22-12)24-6-8-28-9-7-24)11-21-16(25)14-4-2-3-5-15(14)29(26,27)17(19)20/h2-5,10,17H,6-9,11H2,1H3,(H,21,25). The van der Waals surface area contributed by atoms with E-state index in [1.165, 1.54) is 18.2 Å². The highest BCUT2D eigenvalue weighted by atomic mass is 32.2. The Morgan fingerprint density at radius 3 is 2.62 bits per heavy atom. The maximum absolute atomic E-state index is 12.9. The van der Waals surface area contributed by atoms with Crippen LogP contribution >= 0.6 is 0 Å². The summed E-state index contributed by atoms with van der Waals surface area (Å²) >= 11 is 0. The highest BCUT2D eigenvalue weighted by Gasteiger charge is 2.30. The van der Waals surface area contributed by atoms with E-state index in [0.29, 0.717) is 43.6 Å². The molecule has 1 N–H and O–H groups in total. The van der Waals surface area contributed by atoms with Crippen molar-refractivity contribution < 1.29 is 26.7 Å². The second-order valence-corrected chi connectivity index (χ2v) is 8.27. The van der Waals surface area contributed by atoms with Gasteiger partial charge in [0.05, 0.1) is 35.9 Å². The first-order valence-corrected chi connectivity index (χ1v) is 10.4. The number of aryl methyl sites for hydroxylation is 1. The Labute approximate surface area is 166 Å². The van der Waals surface area contributed by atoms with Gasteiger partial charge in [-0.15, -0.1) is 0 Å². The van der Waals surface area contributed by atoms with Crippen molar-refractivity contribution in [1.82, 2.24) is 15.3 Å². The van der Waals surface area contributed by atoms with E-state index in [1.54, 1.807) is 13.0 Å². The number of amides is 1. The molecule has 156 valence electrons. The molecule has 2 aromatic rings. The average molecular weight is 426 g/mol. The van der Waals surface area contributed by atoms with E-state index in [9.17, 15) is 22.0 Å². The van der Waals surface area contributed by atoms with Crippen LogP contribution in [-0.4, -0.2) is 56.4 Å². The number of morpholine rings is 1. The molecule has 11 heteroatoms. The molecule has 0 saturated carbocycles. The fraction of sp³-hybridized carbons (Fsp3) is 0.389. The summed E-state index contributed by atoms with van der Waals surface area (Å²) in [5.74, 6) is -3.88. The van der Waals surface area contributed by atoms with Crippen molar-refractivity contribution in [3.8, 4) is 0 Å². The van der Waals surface area contributed by atoms with E-state index in [2.05, 4.69) is 15.3 Å². The molecule has 1 aromatic heterocycles. The van der Waals surface area contributed by atoms with Crippen LogP contribution in [-0.2, 0) is 21.1 Å². The maximum atomic E-state index is 12.9. The minimum atomic E-state index is -4.90. The molecule has 1 fully saturated rings. The Balaban J connectivity index is 1.77. The lowest BCUT2D eigenvalue weighted by Gasteiger charge is -2.27. The molecule has 0 atom stereocenters. The van der Waals surface area contributed by atoms with Gasteiger partial charge in [0.15, 0.2) is 0 Å². The van der Waals surface area contributed by atoms with Crippen LogP contribution in [0.2, 0.25) is 0 Å². The number of alkyl halides is 2. The molecule has 3 rings (SSSR count). The molecule has 0 radical (unpaired) electrons. The summed E-state index contributed by atoms with van der Waals surface area (Å²) in [5, 5.41) is 2.54. The predicted octanol–water partition coefficient (Wildman–Crippen LogP) is 1.55. The van der Waals surface area contributed by atoms with Gasteiger partial charge in [-0.2, -0.15) is 8.78 Å². The van der Waals surface area contributed by atoms with E-state index < -0.39 is 26.4 Å². The molecule has 0 spiro atoms. The van der Waals surface area contributed by atoms with Crippen molar-refractivity contribution in [2.75, 3.05) is 31.2 Å². The first kappa shape index (κ1) is 21.1. The summed E-state index contributed by atoms with van der Waals surface area (Å²) in [6.07, 6.45) is 0. The summed E-state index contributed by atoms with van der Waals surface area (Å²) < 4.78 is 54.8. The van der Waals surface area contributed by atoms with Crippen molar-refractivity contribution >= 4 is 21.7 Å². The van der Waals surface area contributed by atoms with Crippen molar-refractivity contribution in [3.05, 3.63) is 47.3 Å². The summed E-state index contributed by atoms with van der Waals surface area (Å²) in [5.41, 5.74) is 0.875. The number of hydrogen-bond donors (Lipinski definition) is 1. The predicted molar refractivity (Wildman–Crippen MR) is 101 cm³/mol. The molecule has 1 saturated heterocycles. The minimum Gasteiger partial charge on any atom is -0.378 e. The molecule has 8 nitrogen and oxygen atoms in total. The number of rotatable bonds is 6. The molecule has 1 aliphatic heterocycles. The van der Waals surface area contributed by atoms with Gasteiger partial charge in [0, 0.05) is 18.8 Å². The zero-order valence-electron chi connectivity index (χ0n) is 15.6. The van der Waals surface area contributed by atoms with Gasteiger partial charge in [-0.05, 0) is 25.1 Å². The summed E-state index contributed by atoms with van der Waals surface area (Å²) in [6, 6.07) is 6.56. The van der Waals surface area contributed by atoms with Crippen molar-refractivity contribution in [1.29, 1.82) is 0 Å². The fourth-order valence-corrected chi connectivity index (χ4v) is 3.80. The van der Waals surface area contributed by atoms with E-state index in [1.807, 2.05) is 4.90 Å². The Morgan fingerprint density at radius 1 is 1.24 bits per heavy atom. The van der Waals surface area contributed by atoms with E-state index in [4.69, 9.17) is 4.74 Å². The minimum absolute atomic E-state index is 0.0113. The molecule has 29 heavy (non-hydrogen) atoms. The molecule has 1 aromatic carbocycles. The monoisotopic (exact) mass is 426 g/mol. The van der Waals surface area contributed by atoms with E-state index in [0.717, 1.165) is 6.07 Å². The number of nitrogens with zero attached hydrogens (tertiary/aromatic N) is 3. The molecular formula is C18H20F2N4O4S. The summed E-state index contributed by atoms with van der Waals surface area (Å²) in [6.45, 7) is 4.21. The zero-order valence-corrected chi connectivity index (χ0v) is 16.5. The van der Waals surface area contributed by atoms with Crippen LogP contribution in [0.3, 0.4) is 0 Å². The van der Waals surface area contributed by atoms with Gasteiger partial charge in [-0.3, -0.25) is 4.79 Å². The SMILES string of the molecule is Cc1cc(CNC(=O)c2ccccc2S(=O)(=O)C(F)F)nc(N2CCOCC2)n1. The molecular weight excluding hydrogens is 406 g/mol. The second-order valence-electron chi connectivity index (χ2n) is 6.38. The number of ether oxygens (including phenoxy) is 1. The highest BCUT2D eigenvalue weighted by molar-refractivity contribution is 7.91. The second kappa shape index (κ2) is 8.78. The van der Waals surface area contributed by atoms with Gasteiger partial charge in [-0.25, -0.2) is 18.4 Å². The molecule has 0 unspecified atom stereocenters. The van der Waals surface area contributed by atoms with Crippen LogP contribution in [0, 0.1) is 6.92 Å². The molecule has 1 amide bonds. The number of aromatic nitrogens is 2. The van der Waals surface area contributed by atoms with Crippen LogP contribution < -0.4 is 10.2 Å². The Kier molecular flexibility index (Phi) is 6.38. The number of halogens is 2. The summed E-state index contributed by atoms with van der Waals surface area (Å²) in [7, 11) is -4.90. The number of carbonyl (C=O) groups is 1. The third-order valence-corrected chi connectivity index (χ3v) is 5.73. The number of hydrogen-bond acceptors (Lipinski definition) is 7. The van der Waals surface area contributed by atoms with Crippen LogP contribution in [0.25, 0.3) is 0 Å². The first-order chi connectivity index (χ1) is 13.8. The molecule has 0 bridgehead atoms. The maximum Gasteiger partial charge on any atom is 0.341 e. The lowest BCUT2D eigenvalue weighted by Crippen LogP contribution is -2.37. The third kappa shape index (κ3) is 4.85. The quantitative estimate of drug-likeness (QED) is 0.748. The lowest BCUT2D eigenvalue weighted by atomic mass is 10.2. The molecule has 2 heterocycles. The van der Waals surface area contributed by atoms with Crippen molar-refractivity contribution in [2.24, 2.45) is 0 Å². The van der Waals surface area contributed by atoms with Crippen LogP contribution in [0.15, 0.2) is 35.2 Å². The van der Waals surface area contributed by atoms with Gasteiger partial charge >= 0.3 is 5.76 Å². The van der Waals surface area contributed by atoms with Crippen LogP contribution in [0.4, 0.5) is 14.7 Å². The Bertz CT molecular complexity index is 995. The van der Waals surface area contributed by atoms with Crippen LogP contribution in [0.5, 0.6) is 0 Å². The average Bonchev–Trinajstić information content (AvgIpc) is 2.72. The fourth-order valence-electron chi connectivity index (χ4n) is 2.88.